The van der Waals surface area contributed by atoms with Crippen LogP contribution in [-0.4, -0.2) is 64.0 Å². The molecule has 2 aliphatic rings. The van der Waals surface area contributed by atoms with Crippen molar-refractivity contribution in [1.29, 1.82) is 0 Å². The Hall–Kier alpha value is -2.32. The molecule has 0 spiro atoms. The fraction of sp³-hybridized carbons (Fsp3) is 0.381. The van der Waals surface area contributed by atoms with E-state index in [-0.39, 0.29) is 12.0 Å². The minimum atomic E-state index is 0.0424. The van der Waals surface area contributed by atoms with E-state index in [1.165, 1.54) is 21.6 Å². The summed E-state index contributed by atoms with van der Waals surface area (Å²) in [6.45, 7) is 2.94. The van der Waals surface area contributed by atoms with E-state index in [0.717, 1.165) is 36.8 Å². The zero-order valence-electron chi connectivity index (χ0n) is 16.0. The Kier molecular flexibility index (Phi) is 5.28. The second kappa shape index (κ2) is 8.20. The minimum Gasteiger partial charge on any atom is -0.473 e. The topological polar surface area (TPSA) is 58.6 Å². The summed E-state index contributed by atoms with van der Waals surface area (Å²) < 4.78 is 11.8. The molecule has 29 heavy (non-hydrogen) atoms. The summed E-state index contributed by atoms with van der Waals surface area (Å²) in [5.74, 6) is 3.75. The van der Waals surface area contributed by atoms with Crippen LogP contribution in [0.2, 0.25) is 0 Å². The Morgan fingerprint density at radius 3 is 2.83 bits per heavy atom. The smallest absolute Gasteiger partial charge is 0.254 e. The number of pyridine rings is 1. The Labute approximate surface area is 178 Å². The molecule has 0 aliphatic carbocycles. The van der Waals surface area contributed by atoms with E-state index in [2.05, 4.69) is 26.4 Å². The second-order valence-electron chi connectivity index (χ2n) is 7.27. The SMILES string of the molecule is O=C(c1ccnc(O[C@@H]2CCSC2)c1)N1CCN(c2nsc3ccccc23)CC1. The van der Waals surface area contributed by atoms with E-state index in [9.17, 15) is 4.79 Å². The van der Waals surface area contributed by atoms with Gasteiger partial charge in [-0.1, -0.05) is 12.1 Å². The number of benzene rings is 1. The summed E-state index contributed by atoms with van der Waals surface area (Å²) in [7, 11) is 0. The van der Waals surface area contributed by atoms with E-state index >= 15 is 0 Å². The van der Waals surface area contributed by atoms with Crippen molar-refractivity contribution in [1.82, 2.24) is 14.3 Å². The molecule has 2 aromatic heterocycles. The van der Waals surface area contributed by atoms with Gasteiger partial charge < -0.3 is 14.5 Å². The predicted octanol–water partition coefficient (Wildman–Crippen LogP) is 3.54. The third-order valence-corrected chi connectivity index (χ3v) is 7.33. The summed E-state index contributed by atoms with van der Waals surface area (Å²) in [6.07, 6.45) is 2.91. The molecule has 5 rings (SSSR count). The summed E-state index contributed by atoms with van der Waals surface area (Å²) in [4.78, 5) is 21.5. The Morgan fingerprint density at radius 1 is 1.14 bits per heavy atom. The van der Waals surface area contributed by atoms with Crippen molar-refractivity contribution in [3.05, 3.63) is 48.2 Å². The average Bonchev–Trinajstić information content (AvgIpc) is 3.43. The summed E-state index contributed by atoms with van der Waals surface area (Å²) in [5.41, 5.74) is 0.646. The van der Waals surface area contributed by atoms with Crippen LogP contribution in [-0.2, 0) is 0 Å². The van der Waals surface area contributed by atoms with Crippen LogP contribution >= 0.6 is 23.3 Å². The number of ether oxygens (including phenoxy) is 1. The van der Waals surface area contributed by atoms with Crippen LogP contribution in [0.4, 0.5) is 5.82 Å². The summed E-state index contributed by atoms with van der Waals surface area (Å²) in [5, 5.41) is 1.19. The second-order valence-corrected chi connectivity index (χ2v) is 9.22. The van der Waals surface area contributed by atoms with Crippen molar-refractivity contribution < 1.29 is 9.53 Å². The molecule has 1 atom stereocenters. The first-order valence-electron chi connectivity index (χ1n) is 9.87. The molecule has 1 amide bonds. The molecule has 4 heterocycles. The van der Waals surface area contributed by atoms with Crippen LogP contribution in [0.1, 0.15) is 16.8 Å². The highest BCUT2D eigenvalue weighted by Crippen LogP contribution is 2.30. The number of hydrogen-bond acceptors (Lipinski definition) is 7. The number of nitrogens with zero attached hydrogens (tertiary/aromatic N) is 4. The molecule has 6 nitrogen and oxygen atoms in total. The first kappa shape index (κ1) is 18.7. The molecule has 3 aromatic rings. The number of aromatic nitrogens is 2. The van der Waals surface area contributed by atoms with Crippen LogP contribution in [0, 0.1) is 0 Å². The van der Waals surface area contributed by atoms with E-state index in [1.807, 2.05) is 28.8 Å². The molecule has 0 saturated carbocycles. The maximum absolute atomic E-state index is 13.0. The van der Waals surface area contributed by atoms with Crippen LogP contribution in [0.25, 0.3) is 10.1 Å². The van der Waals surface area contributed by atoms with Gasteiger partial charge in [0.2, 0.25) is 5.88 Å². The van der Waals surface area contributed by atoms with Crippen LogP contribution in [0.5, 0.6) is 5.88 Å². The average molecular weight is 427 g/mol. The number of carbonyl (C=O) groups excluding carboxylic acids is 1. The molecular weight excluding hydrogens is 404 g/mol. The van der Waals surface area contributed by atoms with Crippen molar-refractivity contribution >= 4 is 45.1 Å². The lowest BCUT2D eigenvalue weighted by molar-refractivity contribution is 0.0745. The molecule has 0 bridgehead atoms. The van der Waals surface area contributed by atoms with Gasteiger partial charge in [-0.3, -0.25) is 4.79 Å². The summed E-state index contributed by atoms with van der Waals surface area (Å²) >= 11 is 3.43. The lowest BCUT2D eigenvalue weighted by Gasteiger charge is -2.35. The molecule has 2 saturated heterocycles. The maximum atomic E-state index is 13.0. The van der Waals surface area contributed by atoms with Crippen LogP contribution in [0.15, 0.2) is 42.6 Å². The van der Waals surface area contributed by atoms with Gasteiger partial charge in [-0.05, 0) is 41.9 Å². The highest BCUT2D eigenvalue weighted by atomic mass is 32.2. The molecule has 8 heteroatoms. The number of fused-ring (bicyclic) bond motifs is 1. The fourth-order valence-corrected chi connectivity index (χ4v) is 5.68. The Morgan fingerprint density at radius 2 is 2.00 bits per heavy atom. The molecular formula is C21H22N4O2S2. The van der Waals surface area contributed by atoms with Gasteiger partial charge in [0.05, 0.1) is 4.70 Å². The zero-order valence-corrected chi connectivity index (χ0v) is 17.6. The number of hydrogen-bond donors (Lipinski definition) is 0. The third-order valence-electron chi connectivity index (χ3n) is 5.38. The van der Waals surface area contributed by atoms with Gasteiger partial charge in [0.1, 0.15) is 11.9 Å². The first-order valence-corrected chi connectivity index (χ1v) is 11.8. The van der Waals surface area contributed by atoms with Crippen molar-refractivity contribution in [3.63, 3.8) is 0 Å². The number of anilines is 1. The van der Waals surface area contributed by atoms with Crippen LogP contribution < -0.4 is 9.64 Å². The minimum absolute atomic E-state index is 0.0424. The number of thioether (sulfide) groups is 1. The zero-order chi connectivity index (χ0) is 19.6. The third kappa shape index (κ3) is 3.91. The Balaban J connectivity index is 1.24. The number of carbonyl (C=O) groups is 1. The molecule has 0 unspecified atom stereocenters. The lowest BCUT2D eigenvalue weighted by Crippen LogP contribution is -2.49. The molecule has 0 radical (unpaired) electrons. The molecule has 2 fully saturated rings. The van der Waals surface area contributed by atoms with Gasteiger partial charge in [-0.15, -0.1) is 0 Å². The van der Waals surface area contributed by atoms with Gasteiger partial charge in [-0.25, -0.2) is 4.98 Å². The quantitative estimate of drug-likeness (QED) is 0.636. The normalized spacial score (nSPS) is 19.7. The van der Waals surface area contributed by atoms with E-state index in [1.54, 1.807) is 18.3 Å². The van der Waals surface area contributed by atoms with Gasteiger partial charge in [0.15, 0.2) is 0 Å². The molecule has 2 aliphatic heterocycles. The fourth-order valence-electron chi connectivity index (χ4n) is 3.79. The number of amides is 1. The molecule has 1 aromatic carbocycles. The Bertz CT molecular complexity index is 1010. The van der Waals surface area contributed by atoms with Crippen LogP contribution in [0.3, 0.4) is 0 Å². The monoisotopic (exact) mass is 426 g/mol. The lowest BCUT2D eigenvalue weighted by atomic mass is 10.2. The largest absolute Gasteiger partial charge is 0.473 e. The molecule has 0 N–H and O–H groups in total. The van der Waals surface area contributed by atoms with Gasteiger partial charge in [0, 0.05) is 55.1 Å². The number of rotatable bonds is 4. The summed E-state index contributed by atoms with van der Waals surface area (Å²) in [6, 6.07) is 11.9. The van der Waals surface area contributed by atoms with Crippen molar-refractivity contribution in [2.45, 2.75) is 12.5 Å². The molecule has 150 valence electrons. The number of piperazine rings is 1. The van der Waals surface area contributed by atoms with Gasteiger partial charge in [0.25, 0.3) is 5.91 Å². The standard InChI is InChI=1S/C21H22N4O2S2/c26-21(15-5-7-22-19(13-15)27-16-6-12-28-14-16)25-10-8-24(9-11-25)20-17-3-1-2-4-18(17)29-23-20/h1-5,7,13,16H,6,8-12,14H2/t16-/m1/s1. The highest BCUT2D eigenvalue weighted by Gasteiger charge is 2.25. The predicted molar refractivity (Wildman–Crippen MR) is 118 cm³/mol. The van der Waals surface area contributed by atoms with E-state index in [4.69, 9.17) is 4.74 Å². The van der Waals surface area contributed by atoms with E-state index in [0.29, 0.717) is 24.5 Å². The van der Waals surface area contributed by atoms with E-state index < -0.39 is 0 Å². The van der Waals surface area contributed by atoms with Gasteiger partial charge in [-0.2, -0.15) is 16.1 Å². The highest BCUT2D eigenvalue weighted by molar-refractivity contribution is 7.99. The van der Waals surface area contributed by atoms with Crippen molar-refractivity contribution in [3.8, 4) is 5.88 Å². The first-order chi connectivity index (χ1) is 14.3. The van der Waals surface area contributed by atoms with Gasteiger partial charge >= 0.3 is 0 Å². The van der Waals surface area contributed by atoms with Crippen molar-refractivity contribution in [2.75, 3.05) is 42.6 Å². The maximum Gasteiger partial charge on any atom is 0.254 e. The van der Waals surface area contributed by atoms with Crippen molar-refractivity contribution in [2.24, 2.45) is 0 Å².